The summed E-state index contributed by atoms with van der Waals surface area (Å²) in [7, 11) is 0. The van der Waals surface area contributed by atoms with Crippen molar-refractivity contribution in [2.75, 3.05) is 6.61 Å². The number of ether oxygens (including phenoxy) is 2. The molecule has 1 aromatic rings. The van der Waals surface area contributed by atoms with Crippen LogP contribution in [-0.2, 0) is 14.3 Å². The van der Waals surface area contributed by atoms with Crippen molar-refractivity contribution in [1.29, 1.82) is 5.26 Å². The predicted octanol–water partition coefficient (Wildman–Crippen LogP) is 3.13. The number of hydrogen-bond acceptors (Lipinski definition) is 5. The van der Waals surface area contributed by atoms with Gasteiger partial charge in [-0.25, -0.2) is 9.59 Å². The molecule has 1 N–H and O–H groups in total. The Bertz CT molecular complexity index is 798. The number of esters is 1. The van der Waals surface area contributed by atoms with Gasteiger partial charge in [0.05, 0.1) is 35.3 Å². The molecule has 1 unspecified atom stereocenters. The number of benzene rings is 1. The van der Waals surface area contributed by atoms with Crippen molar-refractivity contribution < 1.29 is 24.2 Å². The molecule has 124 valence electrons. The van der Waals surface area contributed by atoms with Gasteiger partial charge < -0.3 is 14.6 Å². The molecule has 24 heavy (non-hydrogen) atoms. The van der Waals surface area contributed by atoms with Crippen LogP contribution in [0.4, 0.5) is 0 Å². The fourth-order valence-electron chi connectivity index (χ4n) is 2.69. The Hall–Kier alpha value is -3.07. The second-order valence-corrected chi connectivity index (χ2v) is 5.24. The van der Waals surface area contributed by atoms with Gasteiger partial charge in [-0.05, 0) is 38.5 Å². The molecule has 0 fully saturated rings. The highest BCUT2D eigenvalue weighted by atomic mass is 16.5. The maximum absolute atomic E-state index is 12.4. The normalized spacial score (nSPS) is 17.2. The van der Waals surface area contributed by atoms with E-state index in [9.17, 15) is 20.0 Å². The standard InChI is InChI=1S/C18H17NO5/c1-4-23-18(22)15-11(3)24-10(2)14(9-19)16(15)12-6-5-7-13(8-12)17(20)21/h5-8,16H,4H2,1-3H3,(H,20,21). The Kier molecular flexibility index (Phi) is 5.05. The van der Waals surface area contributed by atoms with E-state index in [-0.39, 0.29) is 23.3 Å². The van der Waals surface area contributed by atoms with E-state index in [2.05, 4.69) is 6.07 Å². The Morgan fingerprint density at radius 3 is 2.62 bits per heavy atom. The number of carbonyl (C=O) groups excluding carboxylic acids is 1. The fourth-order valence-corrected chi connectivity index (χ4v) is 2.69. The van der Waals surface area contributed by atoms with E-state index in [1.165, 1.54) is 12.1 Å². The zero-order valence-corrected chi connectivity index (χ0v) is 13.6. The zero-order valence-electron chi connectivity index (χ0n) is 13.6. The molecule has 6 heteroatoms. The SMILES string of the molecule is CCOC(=O)C1=C(C)OC(C)=C(C#N)C1c1cccc(C(=O)O)c1. The van der Waals surface area contributed by atoms with Crippen molar-refractivity contribution in [1.82, 2.24) is 0 Å². The molecule has 1 aromatic carbocycles. The highest BCUT2D eigenvalue weighted by molar-refractivity contribution is 5.93. The summed E-state index contributed by atoms with van der Waals surface area (Å²) in [6.07, 6.45) is 0. The molecule has 0 spiro atoms. The summed E-state index contributed by atoms with van der Waals surface area (Å²) in [6, 6.07) is 8.23. The van der Waals surface area contributed by atoms with Gasteiger partial charge in [-0.2, -0.15) is 5.26 Å². The van der Waals surface area contributed by atoms with Crippen molar-refractivity contribution in [3.05, 3.63) is 58.1 Å². The minimum atomic E-state index is -1.08. The third-order valence-electron chi connectivity index (χ3n) is 3.72. The molecule has 1 aliphatic rings. The number of hydrogen-bond donors (Lipinski definition) is 1. The molecule has 0 saturated carbocycles. The van der Waals surface area contributed by atoms with Gasteiger partial charge in [0, 0.05) is 0 Å². The Balaban J connectivity index is 2.65. The molecule has 1 atom stereocenters. The van der Waals surface area contributed by atoms with E-state index in [1.807, 2.05) is 0 Å². The van der Waals surface area contributed by atoms with Crippen molar-refractivity contribution in [2.45, 2.75) is 26.7 Å². The lowest BCUT2D eigenvalue weighted by Gasteiger charge is -2.27. The molecular weight excluding hydrogens is 310 g/mol. The molecular formula is C18H17NO5. The van der Waals surface area contributed by atoms with Crippen LogP contribution in [0, 0.1) is 11.3 Å². The third-order valence-corrected chi connectivity index (χ3v) is 3.72. The van der Waals surface area contributed by atoms with Crippen molar-refractivity contribution in [3.63, 3.8) is 0 Å². The van der Waals surface area contributed by atoms with Gasteiger partial charge in [0.1, 0.15) is 11.5 Å². The lowest BCUT2D eigenvalue weighted by Crippen LogP contribution is -2.23. The number of carbonyl (C=O) groups is 2. The summed E-state index contributed by atoms with van der Waals surface area (Å²) in [5.41, 5.74) is 1.07. The molecule has 6 nitrogen and oxygen atoms in total. The summed E-state index contributed by atoms with van der Waals surface area (Å²) in [5.74, 6) is -1.66. The highest BCUT2D eigenvalue weighted by Gasteiger charge is 2.35. The Labute approximate surface area is 139 Å². The maximum Gasteiger partial charge on any atom is 0.338 e. The first-order valence-corrected chi connectivity index (χ1v) is 7.40. The first-order chi connectivity index (χ1) is 11.4. The molecule has 0 bridgehead atoms. The number of carboxylic acid groups (broad SMARTS) is 1. The second-order valence-electron chi connectivity index (χ2n) is 5.24. The summed E-state index contributed by atoms with van der Waals surface area (Å²) in [4.78, 5) is 23.6. The molecule has 0 amide bonds. The van der Waals surface area contributed by atoms with Gasteiger partial charge in [-0.3, -0.25) is 0 Å². The smallest absolute Gasteiger partial charge is 0.338 e. The van der Waals surface area contributed by atoms with Crippen LogP contribution in [-0.4, -0.2) is 23.7 Å². The van der Waals surface area contributed by atoms with Crippen LogP contribution in [0.15, 0.2) is 46.9 Å². The number of nitrogens with zero attached hydrogens (tertiary/aromatic N) is 1. The molecule has 1 heterocycles. The minimum Gasteiger partial charge on any atom is -0.478 e. The number of allylic oxidation sites excluding steroid dienone is 3. The maximum atomic E-state index is 12.4. The first kappa shape index (κ1) is 17.3. The number of rotatable bonds is 4. The predicted molar refractivity (Wildman–Crippen MR) is 84.9 cm³/mol. The van der Waals surface area contributed by atoms with Crippen LogP contribution >= 0.6 is 0 Å². The quantitative estimate of drug-likeness (QED) is 0.853. The van der Waals surface area contributed by atoms with Crippen molar-refractivity contribution >= 4 is 11.9 Å². The second kappa shape index (κ2) is 7.01. The lowest BCUT2D eigenvalue weighted by molar-refractivity contribution is -0.139. The fraction of sp³-hybridized carbons (Fsp3) is 0.278. The van der Waals surface area contributed by atoms with Crippen LogP contribution in [0.3, 0.4) is 0 Å². The van der Waals surface area contributed by atoms with Crippen LogP contribution in [0.1, 0.15) is 42.6 Å². The van der Waals surface area contributed by atoms with E-state index in [1.54, 1.807) is 32.9 Å². The monoisotopic (exact) mass is 327 g/mol. The topological polar surface area (TPSA) is 96.6 Å². The van der Waals surface area contributed by atoms with Gasteiger partial charge >= 0.3 is 11.9 Å². The molecule has 0 radical (unpaired) electrons. The van der Waals surface area contributed by atoms with E-state index in [0.717, 1.165) is 0 Å². The number of nitriles is 1. The average molecular weight is 327 g/mol. The van der Waals surface area contributed by atoms with Crippen LogP contribution in [0.25, 0.3) is 0 Å². The first-order valence-electron chi connectivity index (χ1n) is 7.40. The van der Waals surface area contributed by atoms with Gasteiger partial charge in [-0.15, -0.1) is 0 Å². The summed E-state index contributed by atoms with van der Waals surface area (Å²) >= 11 is 0. The van der Waals surface area contributed by atoms with Crippen LogP contribution in [0.2, 0.25) is 0 Å². The van der Waals surface area contributed by atoms with E-state index in [4.69, 9.17) is 9.47 Å². The largest absolute Gasteiger partial charge is 0.478 e. The lowest BCUT2D eigenvalue weighted by atomic mass is 9.82. The molecule has 0 saturated heterocycles. The highest BCUT2D eigenvalue weighted by Crippen LogP contribution is 2.40. The summed E-state index contributed by atoms with van der Waals surface area (Å²) < 4.78 is 10.6. The summed E-state index contributed by atoms with van der Waals surface area (Å²) in [5, 5.41) is 18.7. The molecule has 0 aromatic heterocycles. The van der Waals surface area contributed by atoms with Crippen molar-refractivity contribution in [2.24, 2.45) is 0 Å². The van der Waals surface area contributed by atoms with Gasteiger partial charge in [0.2, 0.25) is 0 Å². The zero-order chi connectivity index (χ0) is 17.9. The molecule has 1 aliphatic heterocycles. The van der Waals surface area contributed by atoms with E-state index >= 15 is 0 Å². The van der Waals surface area contributed by atoms with Gasteiger partial charge in [0.25, 0.3) is 0 Å². The molecule has 0 aliphatic carbocycles. The van der Waals surface area contributed by atoms with Crippen LogP contribution < -0.4 is 0 Å². The Morgan fingerprint density at radius 2 is 2.04 bits per heavy atom. The number of aromatic carboxylic acids is 1. The van der Waals surface area contributed by atoms with E-state index < -0.39 is 17.9 Å². The summed E-state index contributed by atoms with van der Waals surface area (Å²) in [6.45, 7) is 5.13. The van der Waals surface area contributed by atoms with Crippen LogP contribution in [0.5, 0.6) is 0 Å². The third kappa shape index (κ3) is 3.15. The van der Waals surface area contributed by atoms with Gasteiger partial charge in [-0.1, -0.05) is 12.1 Å². The Morgan fingerprint density at radius 1 is 1.33 bits per heavy atom. The average Bonchev–Trinajstić information content (AvgIpc) is 2.54. The van der Waals surface area contributed by atoms with Gasteiger partial charge in [0.15, 0.2) is 0 Å². The molecule has 2 rings (SSSR count). The van der Waals surface area contributed by atoms with Crippen molar-refractivity contribution in [3.8, 4) is 6.07 Å². The minimum absolute atomic E-state index is 0.0785. The van der Waals surface area contributed by atoms with E-state index in [0.29, 0.717) is 17.1 Å². The number of carboxylic acids is 1.